The number of aliphatic hydroxyl groups is 1. The average Bonchev–Trinajstić information content (AvgIpc) is 3.54. The first-order valence-electron chi connectivity index (χ1n) is 13.3. The van der Waals surface area contributed by atoms with Crippen molar-refractivity contribution < 1.29 is 27.5 Å². The van der Waals surface area contributed by atoms with Crippen molar-refractivity contribution in [1.82, 2.24) is 14.7 Å². The second-order valence-electron chi connectivity index (χ2n) is 11.3. The zero-order valence-corrected chi connectivity index (χ0v) is 24.8. The maximum Gasteiger partial charge on any atom is 0.333 e. The Morgan fingerprint density at radius 1 is 1.16 bits per heavy atom. The standard InChI is InChI=1S/C29H31ClF4N8O2/c1-28(2,3)15-29(20-8-5-17(6-9-20)19-12-37-40(13-19)25(31)32)24(44)41(27(35)39-29)23(14-43)18-7-10-21(30)22(11-18)42(26(33)34)38-16-36-4/h5-13,16,23,25-26,43H,4,14-15H2,1-3H3,(H2,35,39)/b38-16-/t23-,29-/m1/s1. The van der Waals surface area contributed by atoms with Crippen LogP contribution in [-0.2, 0) is 10.3 Å². The Hall–Kier alpha value is -4.30. The second kappa shape index (κ2) is 12.7. The van der Waals surface area contributed by atoms with Crippen molar-refractivity contribution in [2.24, 2.45) is 26.2 Å². The van der Waals surface area contributed by atoms with Crippen molar-refractivity contribution in [3.05, 3.63) is 71.0 Å². The average molecular weight is 635 g/mol. The van der Waals surface area contributed by atoms with Crippen LogP contribution in [0.2, 0.25) is 5.02 Å². The summed E-state index contributed by atoms with van der Waals surface area (Å²) in [5, 5.41) is 18.0. The summed E-state index contributed by atoms with van der Waals surface area (Å²) < 4.78 is 54.3. The molecule has 3 aromatic rings. The van der Waals surface area contributed by atoms with Crippen LogP contribution in [0.25, 0.3) is 11.1 Å². The number of hydrazone groups is 1. The van der Waals surface area contributed by atoms with Crippen molar-refractivity contribution in [3.63, 3.8) is 0 Å². The van der Waals surface area contributed by atoms with E-state index in [9.17, 15) is 27.5 Å². The minimum absolute atomic E-state index is 0.0670. The fraction of sp³-hybridized carbons (Fsp3) is 0.345. The number of benzene rings is 2. The molecule has 10 nitrogen and oxygen atoms in total. The summed E-state index contributed by atoms with van der Waals surface area (Å²) in [6.45, 7) is 2.45. The molecule has 3 N–H and O–H groups in total. The van der Waals surface area contributed by atoms with Gasteiger partial charge in [0.15, 0.2) is 11.5 Å². The molecule has 0 unspecified atom stereocenters. The molecule has 2 atom stereocenters. The predicted octanol–water partition coefficient (Wildman–Crippen LogP) is 5.79. The van der Waals surface area contributed by atoms with Gasteiger partial charge in [-0.25, -0.2) is 14.7 Å². The lowest BCUT2D eigenvalue weighted by Crippen LogP contribution is -2.47. The predicted molar refractivity (Wildman–Crippen MR) is 161 cm³/mol. The highest BCUT2D eigenvalue weighted by molar-refractivity contribution is 6.33. The Bertz CT molecular complexity index is 1570. The number of halogens is 5. The molecular formula is C29H31ClF4N8O2. The Kier molecular flexibility index (Phi) is 9.44. The normalized spacial score (nSPS) is 18.0. The quantitative estimate of drug-likeness (QED) is 0.0908. The summed E-state index contributed by atoms with van der Waals surface area (Å²) in [4.78, 5) is 23.5. The van der Waals surface area contributed by atoms with Crippen LogP contribution in [0.4, 0.5) is 23.2 Å². The Balaban J connectivity index is 1.76. The minimum atomic E-state index is -3.10. The molecule has 234 valence electrons. The number of aromatic nitrogens is 2. The number of carbonyl (C=O) groups is 1. The summed E-state index contributed by atoms with van der Waals surface area (Å²) in [5.41, 5.74) is 5.98. The van der Waals surface area contributed by atoms with Gasteiger partial charge >= 0.3 is 13.1 Å². The van der Waals surface area contributed by atoms with E-state index in [-0.39, 0.29) is 28.7 Å². The summed E-state index contributed by atoms with van der Waals surface area (Å²) in [6, 6.07) is 9.63. The molecule has 0 radical (unpaired) electrons. The van der Waals surface area contributed by atoms with Gasteiger partial charge in [-0.15, -0.1) is 0 Å². The molecule has 4 rings (SSSR count). The Morgan fingerprint density at radius 2 is 1.84 bits per heavy atom. The first kappa shape index (κ1) is 32.6. The van der Waals surface area contributed by atoms with Crippen molar-refractivity contribution in [3.8, 4) is 11.1 Å². The third-order valence-electron chi connectivity index (χ3n) is 6.94. The summed E-state index contributed by atoms with van der Waals surface area (Å²) in [7, 11) is 0. The van der Waals surface area contributed by atoms with E-state index in [0.29, 0.717) is 26.4 Å². The second-order valence-corrected chi connectivity index (χ2v) is 11.7. The number of hydrogen-bond donors (Lipinski definition) is 2. The first-order chi connectivity index (χ1) is 20.7. The van der Waals surface area contributed by atoms with Crippen LogP contribution in [0.5, 0.6) is 0 Å². The van der Waals surface area contributed by atoms with Gasteiger partial charge in [-0.1, -0.05) is 62.7 Å². The highest BCUT2D eigenvalue weighted by atomic mass is 35.5. The number of alkyl halides is 4. The molecule has 0 aliphatic carbocycles. The molecule has 1 aromatic heterocycles. The molecule has 44 heavy (non-hydrogen) atoms. The zero-order chi connectivity index (χ0) is 32.4. The van der Waals surface area contributed by atoms with Crippen LogP contribution in [0.3, 0.4) is 0 Å². The van der Waals surface area contributed by atoms with Gasteiger partial charge in [0.25, 0.3) is 5.91 Å². The fourth-order valence-corrected chi connectivity index (χ4v) is 5.37. The fourth-order valence-electron chi connectivity index (χ4n) is 5.17. The number of amides is 1. The van der Waals surface area contributed by atoms with Crippen LogP contribution in [0, 0.1) is 5.41 Å². The number of carbonyl (C=O) groups excluding carboxylic acids is 1. The van der Waals surface area contributed by atoms with Crippen LogP contribution < -0.4 is 10.7 Å². The lowest BCUT2D eigenvalue weighted by Gasteiger charge is -2.34. The van der Waals surface area contributed by atoms with Crippen LogP contribution in [-0.4, -0.2) is 57.9 Å². The maximum absolute atomic E-state index is 14.4. The molecule has 1 amide bonds. The van der Waals surface area contributed by atoms with Gasteiger partial charge in [0.2, 0.25) is 0 Å². The maximum atomic E-state index is 14.4. The zero-order valence-electron chi connectivity index (χ0n) is 24.1. The molecule has 2 aromatic carbocycles. The van der Waals surface area contributed by atoms with E-state index in [2.05, 4.69) is 26.9 Å². The summed E-state index contributed by atoms with van der Waals surface area (Å²) >= 11 is 6.22. The number of rotatable bonds is 11. The number of nitrogens with two attached hydrogens (primary N) is 1. The molecule has 15 heteroatoms. The topological polar surface area (TPSA) is 125 Å². The van der Waals surface area contributed by atoms with Gasteiger partial charge in [0, 0.05) is 11.8 Å². The number of nitrogens with zero attached hydrogens (tertiary/aromatic N) is 7. The van der Waals surface area contributed by atoms with E-state index in [0.717, 1.165) is 11.2 Å². The van der Waals surface area contributed by atoms with Crippen molar-refractivity contribution >= 4 is 42.2 Å². The summed E-state index contributed by atoms with van der Waals surface area (Å²) in [5.74, 6) is -0.727. The van der Waals surface area contributed by atoms with Gasteiger partial charge in [-0.3, -0.25) is 14.7 Å². The molecule has 0 saturated carbocycles. The molecule has 1 aliphatic heterocycles. The molecule has 0 fully saturated rings. The van der Waals surface area contributed by atoms with Crippen LogP contribution in [0.1, 0.15) is 50.9 Å². The number of hydrogen-bond acceptors (Lipinski definition) is 7. The highest BCUT2D eigenvalue weighted by Crippen LogP contribution is 2.45. The highest BCUT2D eigenvalue weighted by Gasteiger charge is 2.53. The van der Waals surface area contributed by atoms with Crippen molar-refractivity contribution in [2.45, 2.75) is 51.9 Å². The van der Waals surface area contributed by atoms with Crippen LogP contribution >= 0.6 is 11.6 Å². The monoisotopic (exact) mass is 634 g/mol. The van der Waals surface area contributed by atoms with Gasteiger partial charge in [-0.2, -0.15) is 27.8 Å². The number of anilines is 1. The van der Waals surface area contributed by atoms with Crippen molar-refractivity contribution in [2.75, 3.05) is 11.6 Å². The van der Waals surface area contributed by atoms with Gasteiger partial charge in [-0.05, 0) is 47.4 Å². The smallest absolute Gasteiger partial charge is 0.333 e. The molecule has 1 aliphatic rings. The lowest BCUT2D eigenvalue weighted by molar-refractivity contribution is -0.135. The van der Waals surface area contributed by atoms with E-state index in [1.54, 1.807) is 24.3 Å². The largest absolute Gasteiger partial charge is 0.394 e. The third-order valence-corrected chi connectivity index (χ3v) is 7.26. The van der Waals surface area contributed by atoms with Gasteiger partial charge in [0.1, 0.15) is 6.34 Å². The lowest BCUT2D eigenvalue weighted by atomic mass is 9.75. The van der Waals surface area contributed by atoms with E-state index in [1.165, 1.54) is 30.6 Å². The van der Waals surface area contributed by atoms with Gasteiger partial charge in [0.05, 0.1) is 29.6 Å². The summed E-state index contributed by atoms with van der Waals surface area (Å²) in [6.07, 6.45) is 3.56. The Morgan fingerprint density at radius 3 is 2.39 bits per heavy atom. The van der Waals surface area contributed by atoms with E-state index >= 15 is 0 Å². The van der Waals surface area contributed by atoms with E-state index in [4.69, 9.17) is 17.3 Å². The minimum Gasteiger partial charge on any atom is -0.394 e. The van der Waals surface area contributed by atoms with E-state index in [1.807, 2.05) is 20.8 Å². The van der Waals surface area contributed by atoms with E-state index < -0.39 is 42.6 Å². The molecular weight excluding hydrogens is 604 g/mol. The molecule has 0 bridgehead atoms. The third kappa shape index (κ3) is 6.45. The number of guanidine groups is 1. The van der Waals surface area contributed by atoms with Crippen molar-refractivity contribution in [1.29, 1.82) is 0 Å². The van der Waals surface area contributed by atoms with Crippen LogP contribution in [0.15, 0.2) is 69.9 Å². The number of aliphatic hydroxyl groups excluding tert-OH is 1. The Labute approximate surface area is 256 Å². The van der Waals surface area contributed by atoms with Gasteiger partial charge < -0.3 is 10.8 Å². The SMILES string of the molecule is C=N/C=N\N(c1cc([C@@H](CO)N2C(=O)[C@@](CC(C)(C)C)(c3ccc(-c4cnn(C(F)F)c4)cc3)N=C2N)ccc1Cl)C(F)F. The first-order valence-corrected chi connectivity index (χ1v) is 13.7. The molecule has 0 spiro atoms. The molecule has 2 heterocycles. The number of aliphatic imine (C=N–C) groups is 2. The molecule has 0 saturated heterocycles.